The molecule has 2 fully saturated rings. The minimum absolute atomic E-state index is 0.184. The number of rotatable bonds is 0. The molecule has 9 heavy (non-hydrogen) atoms. The van der Waals surface area contributed by atoms with E-state index < -0.39 is 0 Å². The first-order valence-corrected chi connectivity index (χ1v) is 3.63. The van der Waals surface area contributed by atoms with Crippen LogP contribution in [0.4, 0.5) is 0 Å². The van der Waals surface area contributed by atoms with Gasteiger partial charge in [-0.3, -0.25) is 0 Å². The second-order valence-corrected chi connectivity index (χ2v) is 3.19. The zero-order valence-corrected chi connectivity index (χ0v) is 5.47. The third kappa shape index (κ3) is 0.970. The van der Waals surface area contributed by atoms with Gasteiger partial charge in [-0.05, 0) is 25.7 Å². The van der Waals surface area contributed by atoms with Crippen molar-refractivity contribution in [3.63, 3.8) is 0 Å². The highest BCUT2D eigenvalue weighted by molar-refractivity contribution is 4.98. The third-order valence-corrected chi connectivity index (χ3v) is 2.32. The molecule has 1 saturated heterocycles. The molecule has 0 bridgehead atoms. The van der Waals surface area contributed by atoms with E-state index in [0.717, 1.165) is 12.8 Å². The predicted octanol–water partition coefficient (Wildman–Crippen LogP) is 0.690. The van der Waals surface area contributed by atoms with Gasteiger partial charge in [0.2, 0.25) is 0 Å². The molecule has 0 unspecified atom stereocenters. The normalized spacial score (nSPS) is 39.0. The maximum Gasteiger partial charge on any atom is 0.0775 e. The van der Waals surface area contributed by atoms with Gasteiger partial charge >= 0.3 is 0 Å². The highest BCUT2D eigenvalue weighted by Crippen LogP contribution is 2.46. The first-order valence-electron chi connectivity index (χ1n) is 3.63. The number of aliphatic hydroxyl groups excluding tert-OH is 1. The van der Waals surface area contributed by atoms with Crippen LogP contribution in [0.1, 0.15) is 25.7 Å². The first kappa shape index (κ1) is 5.69. The van der Waals surface area contributed by atoms with Gasteiger partial charge in [-0.25, -0.2) is 0 Å². The highest BCUT2D eigenvalue weighted by Gasteiger charge is 2.46. The van der Waals surface area contributed by atoms with E-state index in [1.807, 2.05) is 0 Å². The Morgan fingerprint density at radius 3 is 2.56 bits per heavy atom. The molecule has 1 heterocycles. The predicted molar refractivity (Wildman–Crippen MR) is 33.2 cm³/mol. The Hall–Kier alpha value is -0.0800. The van der Waals surface area contributed by atoms with Crippen molar-refractivity contribution >= 4 is 0 Å². The van der Waals surface area contributed by atoms with Gasteiger partial charge in [0.25, 0.3) is 0 Å². The zero-order chi connectivity index (χ0) is 6.32. The summed E-state index contributed by atoms with van der Waals surface area (Å²) in [7, 11) is 0. The molecular weight excluding hydrogens is 116 g/mol. The summed E-state index contributed by atoms with van der Waals surface area (Å²) in [5.74, 6) is 0. The largest absolute Gasteiger partial charge is 0.391 e. The van der Waals surface area contributed by atoms with Gasteiger partial charge in [-0.15, -0.1) is 0 Å². The minimum Gasteiger partial charge on any atom is -0.391 e. The summed E-state index contributed by atoms with van der Waals surface area (Å²) in [6.07, 6.45) is 4.28. The van der Waals surface area contributed by atoms with E-state index in [2.05, 4.69) is 0 Å². The minimum atomic E-state index is -0.184. The van der Waals surface area contributed by atoms with Gasteiger partial charge in [-0.1, -0.05) is 0 Å². The molecule has 1 spiro atoms. The topological polar surface area (TPSA) is 29.5 Å². The molecule has 1 aliphatic carbocycles. The molecule has 1 atom stereocenters. The fraction of sp³-hybridized carbons (Fsp3) is 1.00. The van der Waals surface area contributed by atoms with E-state index >= 15 is 0 Å². The SMILES string of the molecule is O[C@@H]1CCC2(CC2)OC1. The Morgan fingerprint density at radius 1 is 1.33 bits per heavy atom. The van der Waals surface area contributed by atoms with Crippen molar-refractivity contribution in [3.05, 3.63) is 0 Å². The summed E-state index contributed by atoms with van der Waals surface area (Å²) in [6, 6.07) is 0. The fourth-order valence-corrected chi connectivity index (χ4v) is 1.39. The maximum atomic E-state index is 9.04. The summed E-state index contributed by atoms with van der Waals surface area (Å²) < 4.78 is 5.44. The summed E-state index contributed by atoms with van der Waals surface area (Å²) >= 11 is 0. The van der Waals surface area contributed by atoms with E-state index in [1.54, 1.807) is 0 Å². The molecule has 52 valence electrons. The van der Waals surface area contributed by atoms with Gasteiger partial charge in [0.1, 0.15) is 0 Å². The van der Waals surface area contributed by atoms with E-state index in [0.29, 0.717) is 6.61 Å². The van der Waals surface area contributed by atoms with Crippen LogP contribution in [0, 0.1) is 0 Å². The Balaban J connectivity index is 1.91. The molecule has 0 aromatic carbocycles. The highest BCUT2D eigenvalue weighted by atomic mass is 16.5. The molecule has 1 aliphatic heterocycles. The lowest BCUT2D eigenvalue weighted by Crippen LogP contribution is -2.30. The van der Waals surface area contributed by atoms with E-state index in [9.17, 15) is 0 Å². The molecule has 0 aromatic heterocycles. The van der Waals surface area contributed by atoms with Crippen LogP contribution in [0.15, 0.2) is 0 Å². The van der Waals surface area contributed by atoms with Crippen molar-refractivity contribution in [1.29, 1.82) is 0 Å². The molecule has 2 rings (SSSR count). The smallest absolute Gasteiger partial charge is 0.0775 e. The van der Waals surface area contributed by atoms with Crippen molar-refractivity contribution in [3.8, 4) is 0 Å². The van der Waals surface area contributed by atoms with Gasteiger partial charge in [-0.2, -0.15) is 0 Å². The molecule has 0 aromatic rings. The van der Waals surface area contributed by atoms with Crippen LogP contribution in [0.5, 0.6) is 0 Å². The Bertz CT molecular complexity index is 108. The molecule has 1 N–H and O–H groups in total. The lowest BCUT2D eigenvalue weighted by Gasteiger charge is -2.25. The van der Waals surface area contributed by atoms with Crippen molar-refractivity contribution in [2.24, 2.45) is 0 Å². The van der Waals surface area contributed by atoms with Crippen LogP contribution in [-0.4, -0.2) is 23.4 Å². The van der Waals surface area contributed by atoms with Crippen molar-refractivity contribution in [2.45, 2.75) is 37.4 Å². The molecule has 0 radical (unpaired) electrons. The lowest BCUT2D eigenvalue weighted by atomic mass is 10.1. The van der Waals surface area contributed by atoms with E-state index in [4.69, 9.17) is 9.84 Å². The third-order valence-electron chi connectivity index (χ3n) is 2.32. The maximum absolute atomic E-state index is 9.04. The van der Waals surface area contributed by atoms with Crippen LogP contribution in [0.3, 0.4) is 0 Å². The van der Waals surface area contributed by atoms with Crippen LogP contribution < -0.4 is 0 Å². The monoisotopic (exact) mass is 128 g/mol. The Morgan fingerprint density at radius 2 is 2.11 bits per heavy atom. The average Bonchev–Trinajstić information content (AvgIpc) is 2.60. The van der Waals surface area contributed by atoms with Crippen molar-refractivity contribution in [2.75, 3.05) is 6.61 Å². The summed E-state index contributed by atoms with van der Waals surface area (Å²) in [4.78, 5) is 0. The quantitative estimate of drug-likeness (QED) is 0.520. The van der Waals surface area contributed by atoms with Gasteiger partial charge in [0.05, 0.1) is 18.3 Å². The van der Waals surface area contributed by atoms with Gasteiger partial charge < -0.3 is 9.84 Å². The zero-order valence-electron chi connectivity index (χ0n) is 5.47. The number of hydrogen-bond acceptors (Lipinski definition) is 2. The summed E-state index contributed by atoms with van der Waals surface area (Å²) in [5.41, 5.74) is 0.249. The molecular formula is C7H12O2. The summed E-state index contributed by atoms with van der Waals surface area (Å²) in [5, 5.41) is 9.04. The van der Waals surface area contributed by atoms with Crippen molar-refractivity contribution < 1.29 is 9.84 Å². The second-order valence-electron chi connectivity index (χ2n) is 3.19. The summed E-state index contributed by atoms with van der Waals surface area (Å²) in [6.45, 7) is 0.569. The standard InChI is InChI=1S/C7H12O2/c8-6-1-2-7(3-4-7)9-5-6/h6,8H,1-5H2/t6-/m1/s1. The average molecular weight is 128 g/mol. The molecule has 1 saturated carbocycles. The van der Waals surface area contributed by atoms with Gasteiger partial charge in [0, 0.05) is 0 Å². The van der Waals surface area contributed by atoms with Crippen LogP contribution in [0.25, 0.3) is 0 Å². The molecule has 0 amide bonds. The van der Waals surface area contributed by atoms with Crippen LogP contribution in [0.2, 0.25) is 0 Å². The van der Waals surface area contributed by atoms with Crippen LogP contribution in [-0.2, 0) is 4.74 Å². The molecule has 2 nitrogen and oxygen atoms in total. The van der Waals surface area contributed by atoms with E-state index in [1.165, 1.54) is 12.8 Å². The number of aliphatic hydroxyl groups is 1. The Kier molecular flexibility index (Phi) is 1.08. The molecule has 2 aliphatic rings. The fourth-order valence-electron chi connectivity index (χ4n) is 1.39. The Labute approximate surface area is 54.8 Å². The second kappa shape index (κ2) is 1.70. The van der Waals surface area contributed by atoms with Gasteiger partial charge in [0.15, 0.2) is 0 Å². The lowest BCUT2D eigenvalue weighted by molar-refractivity contribution is -0.0698. The van der Waals surface area contributed by atoms with Crippen molar-refractivity contribution in [1.82, 2.24) is 0 Å². The number of ether oxygens (including phenoxy) is 1. The first-order chi connectivity index (χ1) is 4.31. The van der Waals surface area contributed by atoms with E-state index in [-0.39, 0.29) is 11.7 Å². The van der Waals surface area contributed by atoms with Crippen LogP contribution >= 0.6 is 0 Å². The number of hydrogen-bond donors (Lipinski definition) is 1. The molecule has 2 heteroatoms.